The number of fused-ring (bicyclic) bond motifs is 1. The fraction of sp³-hybridized carbons (Fsp3) is 0.550. The van der Waals surface area contributed by atoms with E-state index < -0.39 is 5.60 Å². The van der Waals surface area contributed by atoms with Crippen LogP contribution in [0, 0.1) is 5.92 Å². The van der Waals surface area contributed by atoms with Crippen LogP contribution < -0.4 is 5.32 Å². The molecule has 4 nitrogen and oxygen atoms in total. The Balaban J connectivity index is 1.65. The van der Waals surface area contributed by atoms with Crippen molar-refractivity contribution in [2.45, 2.75) is 58.1 Å². The number of aryl methyl sites for hydroxylation is 1. The van der Waals surface area contributed by atoms with Crippen LogP contribution in [-0.4, -0.2) is 27.7 Å². The molecule has 1 aromatic carbocycles. The topological polar surface area (TPSA) is 54.3 Å². The summed E-state index contributed by atoms with van der Waals surface area (Å²) < 4.78 is 2.17. The van der Waals surface area contributed by atoms with Gasteiger partial charge in [0.05, 0.1) is 12.0 Å². The number of aromatic nitrogens is 1. The first kappa shape index (κ1) is 17.0. The van der Waals surface area contributed by atoms with Gasteiger partial charge in [0.1, 0.15) is 0 Å². The van der Waals surface area contributed by atoms with Crippen molar-refractivity contribution in [1.29, 1.82) is 0 Å². The number of benzene rings is 1. The minimum absolute atomic E-state index is 0.0210. The van der Waals surface area contributed by atoms with E-state index in [1.54, 1.807) is 0 Å². The smallest absolute Gasteiger partial charge is 0.224 e. The number of nitrogens with one attached hydrogen (secondary N) is 1. The fourth-order valence-corrected chi connectivity index (χ4v) is 3.93. The van der Waals surface area contributed by atoms with Crippen molar-refractivity contribution < 1.29 is 9.90 Å². The lowest BCUT2D eigenvalue weighted by atomic mass is 9.87. The van der Waals surface area contributed by atoms with E-state index in [1.807, 2.05) is 19.1 Å². The highest BCUT2D eigenvalue weighted by Gasteiger charge is 2.34. The molecule has 0 spiro atoms. The first-order valence-corrected chi connectivity index (χ1v) is 9.07. The zero-order valence-electron chi connectivity index (χ0n) is 14.7. The van der Waals surface area contributed by atoms with Crippen molar-refractivity contribution in [1.82, 2.24) is 9.88 Å². The van der Waals surface area contributed by atoms with Crippen LogP contribution >= 0.6 is 0 Å². The molecular weight excluding hydrogens is 300 g/mol. The number of para-hydroxylation sites is 1. The lowest BCUT2D eigenvalue weighted by Gasteiger charge is -2.30. The van der Waals surface area contributed by atoms with Gasteiger partial charge in [-0.1, -0.05) is 31.0 Å². The Morgan fingerprint density at radius 3 is 2.75 bits per heavy atom. The van der Waals surface area contributed by atoms with Gasteiger partial charge >= 0.3 is 0 Å². The van der Waals surface area contributed by atoms with Gasteiger partial charge in [-0.05, 0) is 44.2 Å². The van der Waals surface area contributed by atoms with Crippen molar-refractivity contribution in [2.75, 3.05) is 6.54 Å². The molecule has 1 fully saturated rings. The van der Waals surface area contributed by atoms with Crippen LogP contribution in [0.25, 0.3) is 10.9 Å². The maximum atomic E-state index is 12.4. The summed E-state index contributed by atoms with van der Waals surface area (Å²) in [6.07, 6.45) is 6.92. The van der Waals surface area contributed by atoms with Crippen LogP contribution in [-0.2, 0) is 17.8 Å². The molecule has 24 heavy (non-hydrogen) atoms. The molecule has 1 aromatic heterocycles. The van der Waals surface area contributed by atoms with Crippen LogP contribution in [0.15, 0.2) is 30.5 Å². The number of nitrogens with zero attached hydrogens (tertiary/aromatic N) is 1. The second kappa shape index (κ2) is 6.98. The molecule has 0 unspecified atom stereocenters. The van der Waals surface area contributed by atoms with E-state index in [-0.39, 0.29) is 5.91 Å². The molecule has 2 N–H and O–H groups in total. The summed E-state index contributed by atoms with van der Waals surface area (Å²) in [6, 6.07) is 8.19. The summed E-state index contributed by atoms with van der Waals surface area (Å²) in [5.41, 5.74) is 1.41. The van der Waals surface area contributed by atoms with Crippen LogP contribution in [0.3, 0.4) is 0 Å². The van der Waals surface area contributed by atoms with Crippen LogP contribution in [0.2, 0.25) is 0 Å². The summed E-state index contributed by atoms with van der Waals surface area (Å²) in [5.74, 6) is 0.284. The number of amides is 1. The Bertz CT molecular complexity index is 711. The fourth-order valence-electron chi connectivity index (χ4n) is 3.93. The van der Waals surface area contributed by atoms with E-state index in [2.05, 4.69) is 35.1 Å². The van der Waals surface area contributed by atoms with Crippen LogP contribution in [0.5, 0.6) is 0 Å². The molecule has 1 heterocycles. The Morgan fingerprint density at radius 2 is 2.04 bits per heavy atom. The normalized spacial score (nSPS) is 18.0. The average Bonchev–Trinajstić information content (AvgIpc) is 3.22. The minimum atomic E-state index is -0.802. The molecule has 2 aromatic rings. The van der Waals surface area contributed by atoms with Crippen molar-refractivity contribution in [3.05, 3.63) is 36.0 Å². The van der Waals surface area contributed by atoms with Gasteiger partial charge in [-0.2, -0.15) is 0 Å². The zero-order chi connectivity index (χ0) is 17.2. The third kappa shape index (κ3) is 3.48. The maximum absolute atomic E-state index is 12.4. The summed E-state index contributed by atoms with van der Waals surface area (Å²) in [4.78, 5) is 12.4. The molecule has 130 valence electrons. The molecular formula is C20H28N2O2. The Kier molecular flexibility index (Phi) is 4.95. The highest BCUT2D eigenvalue weighted by molar-refractivity contribution is 5.89. The van der Waals surface area contributed by atoms with Crippen molar-refractivity contribution in [3.63, 3.8) is 0 Å². The van der Waals surface area contributed by atoms with E-state index in [0.29, 0.717) is 18.9 Å². The van der Waals surface area contributed by atoms with Gasteiger partial charge in [0.25, 0.3) is 0 Å². The molecule has 1 atom stereocenters. The van der Waals surface area contributed by atoms with E-state index in [0.717, 1.165) is 30.3 Å². The van der Waals surface area contributed by atoms with Gasteiger partial charge in [-0.3, -0.25) is 4.79 Å². The largest absolute Gasteiger partial charge is 0.388 e. The molecule has 0 radical (unpaired) electrons. The van der Waals surface area contributed by atoms with E-state index in [4.69, 9.17) is 0 Å². The monoisotopic (exact) mass is 328 g/mol. The second-order valence-corrected chi connectivity index (χ2v) is 7.25. The lowest BCUT2D eigenvalue weighted by molar-refractivity contribution is -0.122. The number of hydrogen-bond donors (Lipinski definition) is 2. The Labute approximate surface area is 143 Å². The number of hydrogen-bond acceptors (Lipinski definition) is 2. The predicted octanol–water partition coefficient (Wildman–Crippen LogP) is 3.26. The highest BCUT2D eigenvalue weighted by atomic mass is 16.3. The minimum Gasteiger partial charge on any atom is -0.388 e. The highest BCUT2D eigenvalue weighted by Crippen LogP contribution is 2.33. The molecule has 1 aliphatic carbocycles. The Hall–Kier alpha value is -1.81. The van der Waals surface area contributed by atoms with Crippen molar-refractivity contribution in [3.8, 4) is 0 Å². The summed E-state index contributed by atoms with van der Waals surface area (Å²) in [5, 5.41) is 14.7. The van der Waals surface area contributed by atoms with Gasteiger partial charge in [0, 0.05) is 30.2 Å². The number of carbonyl (C=O) groups excluding carboxylic acids is 1. The molecule has 1 aliphatic rings. The van der Waals surface area contributed by atoms with Gasteiger partial charge in [-0.25, -0.2) is 0 Å². The third-order valence-electron chi connectivity index (χ3n) is 5.44. The number of carbonyl (C=O) groups is 1. The standard InChI is InChI=1S/C20H28N2O2/c1-3-22-13-15(17-10-6-7-11-18(17)22)12-19(23)21-14-20(2,24)16-8-4-5-9-16/h6-7,10-11,13,16,24H,3-5,8-9,12,14H2,1-2H3,(H,21,23)/t20-/m1/s1. The quantitative estimate of drug-likeness (QED) is 0.855. The van der Waals surface area contributed by atoms with E-state index >= 15 is 0 Å². The van der Waals surface area contributed by atoms with E-state index in [1.165, 1.54) is 18.4 Å². The predicted molar refractivity (Wildman–Crippen MR) is 96.9 cm³/mol. The zero-order valence-corrected chi connectivity index (χ0v) is 14.7. The lowest BCUT2D eigenvalue weighted by Crippen LogP contribution is -2.45. The molecule has 4 heteroatoms. The molecule has 0 aliphatic heterocycles. The average molecular weight is 328 g/mol. The Morgan fingerprint density at radius 1 is 1.33 bits per heavy atom. The molecule has 3 rings (SSSR count). The van der Waals surface area contributed by atoms with Gasteiger partial charge in [0.15, 0.2) is 0 Å². The third-order valence-corrected chi connectivity index (χ3v) is 5.44. The summed E-state index contributed by atoms with van der Waals surface area (Å²) in [6.45, 7) is 5.18. The molecule has 1 amide bonds. The number of aliphatic hydroxyl groups is 1. The molecule has 0 bridgehead atoms. The van der Waals surface area contributed by atoms with Crippen molar-refractivity contribution in [2.24, 2.45) is 5.92 Å². The first-order chi connectivity index (χ1) is 11.5. The first-order valence-electron chi connectivity index (χ1n) is 9.07. The van der Waals surface area contributed by atoms with E-state index in [9.17, 15) is 9.90 Å². The van der Waals surface area contributed by atoms with Gasteiger partial charge in [0.2, 0.25) is 5.91 Å². The SMILES string of the molecule is CCn1cc(CC(=O)NC[C@@](C)(O)C2CCCC2)c2ccccc21. The second-order valence-electron chi connectivity index (χ2n) is 7.25. The summed E-state index contributed by atoms with van der Waals surface area (Å²) >= 11 is 0. The van der Waals surface area contributed by atoms with Gasteiger partial charge in [-0.15, -0.1) is 0 Å². The van der Waals surface area contributed by atoms with Crippen LogP contribution in [0.1, 0.15) is 45.1 Å². The molecule has 0 saturated heterocycles. The summed E-state index contributed by atoms with van der Waals surface area (Å²) in [7, 11) is 0. The molecule has 1 saturated carbocycles. The van der Waals surface area contributed by atoms with Crippen LogP contribution in [0.4, 0.5) is 0 Å². The maximum Gasteiger partial charge on any atom is 0.224 e. The van der Waals surface area contributed by atoms with Crippen molar-refractivity contribution >= 4 is 16.8 Å². The van der Waals surface area contributed by atoms with Gasteiger partial charge < -0.3 is 15.0 Å². The number of rotatable bonds is 6.